The van der Waals surface area contributed by atoms with Crippen LogP contribution in [0.2, 0.25) is 0 Å². The minimum Gasteiger partial charge on any atom is -0.0988 e. The van der Waals surface area contributed by atoms with Crippen molar-refractivity contribution >= 4 is 0 Å². The van der Waals surface area contributed by atoms with E-state index in [-0.39, 0.29) is 0 Å². The lowest BCUT2D eigenvalue weighted by Crippen LogP contribution is -1.98. The van der Waals surface area contributed by atoms with E-state index < -0.39 is 0 Å². The Balaban J connectivity index is 4.04. The number of rotatable bonds is 7. The molecule has 0 heteroatoms. The van der Waals surface area contributed by atoms with E-state index in [4.69, 9.17) is 0 Å². The monoisotopic (exact) mass is 220 g/mol. The summed E-state index contributed by atoms with van der Waals surface area (Å²) in [5.74, 6) is 0.687. The van der Waals surface area contributed by atoms with E-state index in [9.17, 15) is 0 Å². The Morgan fingerprint density at radius 3 is 2.38 bits per heavy atom. The maximum atomic E-state index is 3.83. The molecule has 0 heterocycles. The molecular weight excluding hydrogens is 192 g/mol. The molecule has 0 aliphatic rings. The Kier molecular flexibility index (Phi) is 7.97. The highest BCUT2D eigenvalue weighted by Crippen LogP contribution is 2.22. The number of hydrogen-bond acceptors (Lipinski definition) is 0. The highest BCUT2D eigenvalue weighted by molar-refractivity contribution is 5.21. The summed E-state index contributed by atoms with van der Waals surface area (Å²) in [6.07, 6.45) is 9.29. The lowest BCUT2D eigenvalue weighted by Gasteiger charge is -2.14. The fraction of sp³-hybridized carbons (Fsp3) is 0.625. The van der Waals surface area contributed by atoms with Crippen LogP contribution in [0.15, 0.2) is 35.5 Å². The van der Waals surface area contributed by atoms with Gasteiger partial charge in [-0.1, -0.05) is 49.3 Å². The van der Waals surface area contributed by atoms with E-state index in [0.717, 1.165) is 6.42 Å². The van der Waals surface area contributed by atoms with Crippen LogP contribution >= 0.6 is 0 Å². The van der Waals surface area contributed by atoms with Gasteiger partial charge in [0.25, 0.3) is 0 Å². The molecule has 0 nitrogen and oxygen atoms in total. The molecule has 1 unspecified atom stereocenters. The van der Waals surface area contributed by atoms with Crippen LogP contribution in [-0.2, 0) is 0 Å². The van der Waals surface area contributed by atoms with Gasteiger partial charge in [-0.25, -0.2) is 0 Å². The molecule has 92 valence electrons. The van der Waals surface area contributed by atoms with Crippen LogP contribution in [0, 0.1) is 5.92 Å². The average molecular weight is 220 g/mol. The predicted octanol–water partition coefficient (Wildman–Crippen LogP) is 5.67. The quantitative estimate of drug-likeness (QED) is 0.383. The van der Waals surface area contributed by atoms with Crippen LogP contribution in [0.25, 0.3) is 0 Å². The highest BCUT2D eigenvalue weighted by Gasteiger charge is 2.05. The molecule has 0 spiro atoms. The van der Waals surface area contributed by atoms with Crippen molar-refractivity contribution in [1.82, 2.24) is 0 Å². The van der Waals surface area contributed by atoms with Crippen molar-refractivity contribution in [2.45, 2.75) is 60.3 Å². The molecule has 0 bridgehead atoms. The molecule has 0 aliphatic carbocycles. The first kappa shape index (κ1) is 15.2. The van der Waals surface area contributed by atoms with E-state index in [1.807, 2.05) is 6.08 Å². The molecule has 0 radical (unpaired) electrons. The van der Waals surface area contributed by atoms with Gasteiger partial charge in [0, 0.05) is 0 Å². The average Bonchev–Trinajstić information content (AvgIpc) is 2.27. The smallest absolute Gasteiger partial charge is 0.0229 e. The van der Waals surface area contributed by atoms with Crippen LogP contribution in [-0.4, -0.2) is 0 Å². The summed E-state index contributed by atoms with van der Waals surface area (Å²) in [5.41, 5.74) is 4.37. The van der Waals surface area contributed by atoms with E-state index in [1.165, 1.54) is 36.0 Å². The Morgan fingerprint density at radius 2 is 1.88 bits per heavy atom. The van der Waals surface area contributed by atoms with E-state index in [1.54, 1.807) is 0 Å². The van der Waals surface area contributed by atoms with Crippen molar-refractivity contribution in [2.24, 2.45) is 5.92 Å². The van der Waals surface area contributed by atoms with Crippen LogP contribution in [0.4, 0.5) is 0 Å². The highest BCUT2D eigenvalue weighted by atomic mass is 14.1. The molecule has 0 saturated heterocycles. The first-order valence-electron chi connectivity index (χ1n) is 6.48. The van der Waals surface area contributed by atoms with Crippen LogP contribution < -0.4 is 0 Å². The lowest BCUT2D eigenvalue weighted by atomic mass is 9.92. The SMILES string of the molecule is C=CC(C)=C(C)C(C)CCCC(C)=CCC. The van der Waals surface area contributed by atoms with Crippen molar-refractivity contribution in [3.8, 4) is 0 Å². The molecule has 0 aromatic heterocycles. The largest absolute Gasteiger partial charge is 0.0988 e. The van der Waals surface area contributed by atoms with Gasteiger partial charge in [0.15, 0.2) is 0 Å². The van der Waals surface area contributed by atoms with Gasteiger partial charge in [0.05, 0.1) is 0 Å². The molecule has 0 aromatic carbocycles. The van der Waals surface area contributed by atoms with Crippen LogP contribution in [0.3, 0.4) is 0 Å². The summed E-state index contributed by atoms with van der Waals surface area (Å²) in [5, 5.41) is 0. The molecule has 0 fully saturated rings. The first-order valence-corrected chi connectivity index (χ1v) is 6.48. The summed E-state index contributed by atoms with van der Waals surface area (Å²) < 4.78 is 0. The van der Waals surface area contributed by atoms with Crippen LogP contribution in [0.1, 0.15) is 60.3 Å². The molecular formula is C16H28. The van der Waals surface area contributed by atoms with Gasteiger partial charge in [0.1, 0.15) is 0 Å². The number of hydrogen-bond donors (Lipinski definition) is 0. The Bertz CT molecular complexity index is 266. The molecule has 16 heavy (non-hydrogen) atoms. The van der Waals surface area contributed by atoms with Crippen molar-refractivity contribution < 1.29 is 0 Å². The maximum absolute atomic E-state index is 3.83. The molecule has 0 N–H and O–H groups in total. The zero-order valence-electron chi connectivity index (χ0n) is 11.8. The van der Waals surface area contributed by atoms with E-state index in [0.29, 0.717) is 5.92 Å². The van der Waals surface area contributed by atoms with Gasteiger partial charge >= 0.3 is 0 Å². The molecule has 0 aromatic rings. The minimum atomic E-state index is 0.687. The van der Waals surface area contributed by atoms with Crippen LogP contribution in [0.5, 0.6) is 0 Å². The Labute approximate surface area is 102 Å². The van der Waals surface area contributed by atoms with Crippen molar-refractivity contribution in [3.05, 3.63) is 35.5 Å². The fourth-order valence-electron chi connectivity index (χ4n) is 1.90. The molecule has 0 aliphatic heterocycles. The molecule has 0 amide bonds. The van der Waals surface area contributed by atoms with Gasteiger partial charge < -0.3 is 0 Å². The lowest BCUT2D eigenvalue weighted by molar-refractivity contribution is 0.574. The van der Waals surface area contributed by atoms with Gasteiger partial charge in [-0.3, -0.25) is 0 Å². The third-order valence-corrected chi connectivity index (χ3v) is 3.43. The van der Waals surface area contributed by atoms with Gasteiger partial charge in [-0.05, 0) is 52.4 Å². The van der Waals surface area contributed by atoms with E-state index in [2.05, 4.69) is 47.3 Å². The normalized spacial score (nSPS) is 15.7. The topological polar surface area (TPSA) is 0 Å². The minimum absolute atomic E-state index is 0.687. The summed E-state index contributed by atoms with van der Waals surface area (Å²) in [7, 11) is 0. The first-order chi connectivity index (χ1) is 7.52. The Hall–Kier alpha value is -0.780. The standard InChI is InChI=1S/C16H28/c1-7-10-13(3)11-9-12-15(5)16(6)14(4)8-2/h8,10,15H,2,7,9,11-12H2,1,3-6H3. The fourth-order valence-corrected chi connectivity index (χ4v) is 1.90. The maximum Gasteiger partial charge on any atom is -0.0229 e. The Morgan fingerprint density at radius 1 is 1.25 bits per heavy atom. The third kappa shape index (κ3) is 5.95. The zero-order chi connectivity index (χ0) is 12.6. The van der Waals surface area contributed by atoms with E-state index >= 15 is 0 Å². The molecule has 1 atom stereocenters. The predicted molar refractivity (Wildman–Crippen MR) is 75.6 cm³/mol. The third-order valence-electron chi connectivity index (χ3n) is 3.43. The van der Waals surface area contributed by atoms with Gasteiger partial charge in [-0.15, -0.1) is 0 Å². The second-order valence-corrected chi connectivity index (χ2v) is 4.82. The summed E-state index contributed by atoms with van der Waals surface area (Å²) in [6, 6.07) is 0. The van der Waals surface area contributed by atoms with Gasteiger partial charge in [0.2, 0.25) is 0 Å². The summed E-state index contributed by atoms with van der Waals surface area (Å²) in [6.45, 7) is 15.0. The summed E-state index contributed by atoms with van der Waals surface area (Å²) in [4.78, 5) is 0. The summed E-state index contributed by atoms with van der Waals surface area (Å²) >= 11 is 0. The molecule has 0 rings (SSSR count). The molecule has 0 saturated carbocycles. The number of allylic oxidation sites excluding steroid dienone is 5. The van der Waals surface area contributed by atoms with Crippen molar-refractivity contribution in [1.29, 1.82) is 0 Å². The van der Waals surface area contributed by atoms with Crippen molar-refractivity contribution in [2.75, 3.05) is 0 Å². The second-order valence-electron chi connectivity index (χ2n) is 4.82. The second kappa shape index (κ2) is 8.38. The van der Waals surface area contributed by atoms with Gasteiger partial charge in [-0.2, -0.15) is 0 Å². The van der Waals surface area contributed by atoms with Crippen molar-refractivity contribution in [3.63, 3.8) is 0 Å². The zero-order valence-corrected chi connectivity index (χ0v) is 11.8.